The van der Waals surface area contributed by atoms with E-state index < -0.39 is 31.1 Å². The second kappa shape index (κ2) is 11.1. The van der Waals surface area contributed by atoms with E-state index in [-0.39, 0.29) is 0 Å². The molecule has 2 aromatic carbocycles. The Bertz CT molecular complexity index is 1210. The van der Waals surface area contributed by atoms with Crippen LogP contribution in [-0.4, -0.2) is 66.3 Å². The Morgan fingerprint density at radius 2 is 1.58 bits per heavy atom. The number of fused-ring (bicyclic) bond motifs is 1. The molecule has 3 heterocycles. The van der Waals surface area contributed by atoms with E-state index in [4.69, 9.17) is 4.74 Å². The fraction of sp³-hybridized carbons (Fsp3) is 0.370. The van der Waals surface area contributed by atoms with E-state index in [0.29, 0.717) is 22.9 Å². The van der Waals surface area contributed by atoms with Gasteiger partial charge in [-0.05, 0) is 24.0 Å². The monoisotopic (exact) mass is 489 g/mol. The Labute approximate surface area is 209 Å². The first-order chi connectivity index (χ1) is 17.7. The molecular weight excluding hydrogens is 458 g/mol. The number of nitrogens with zero attached hydrogens (tertiary/aromatic N) is 4. The molecule has 36 heavy (non-hydrogen) atoms. The summed E-state index contributed by atoms with van der Waals surface area (Å²) in [5, 5.41) is 33.2. The zero-order valence-corrected chi connectivity index (χ0v) is 19.9. The van der Waals surface area contributed by atoms with Crippen LogP contribution in [0.5, 0.6) is 0 Å². The van der Waals surface area contributed by atoms with Crippen LogP contribution in [0.3, 0.4) is 0 Å². The third-order valence-corrected chi connectivity index (χ3v) is 6.77. The summed E-state index contributed by atoms with van der Waals surface area (Å²) in [5.41, 5.74) is 3.69. The molecule has 0 unspecified atom stereocenters. The molecule has 0 bridgehead atoms. The predicted molar refractivity (Wildman–Crippen MR) is 135 cm³/mol. The molecule has 2 aromatic heterocycles. The van der Waals surface area contributed by atoms with Gasteiger partial charge in [-0.15, -0.1) is 0 Å². The minimum atomic E-state index is -1.20. The average molecular weight is 490 g/mol. The van der Waals surface area contributed by atoms with Crippen LogP contribution < -0.4 is 5.32 Å². The number of hydrogen-bond donors (Lipinski definition) is 4. The number of benzene rings is 2. The number of nitrogens with one attached hydrogen (secondary N) is 1. The lowest BCUT2D eigenvalue weighted by atomic mass is 9.87. The number of unbranched alkanes of at least 4 members (excludes halogenated alkanes) is 1. The number of imidazole rings is 1. The molecule has 4 atom stereocenters. The molecule has 1 aliphatic heterocycles. The van der Waals surface area contributed by atoms with Gasteiger partial charge in [-0.1, -0.05) is 67.1 Å². The molecule has 0 saturated carbocycles. The summed E-state index contributed by atoms with van der Waals surface area (Å²) in [5.74, 6) is 0.956. The van der Waals surface area contributed by atoms with Gasteiger partial charge in [-0.25, -0.2) is 15.0 Å². The van der Waals surface area contributed by atoms with Crippen molar-refractivity contribution in [1.82, 2.24) is 19.5 Å². The van der Waals surface area contributed by atoms with Crippen LogP contribution in [0.2, 0.25) is 0 Å². The van der Waals surface area contributed by atoms with Crippen molar-refractivity contribution in [2.24, 2.45) is 0 Å². The minimum Gasteiger partial charge on any atom is -0.394 e. The second-order valence-electron chi connectivity index (χ2n) is 9.07. The molecule has 188 valence electrons. The van der Waals surface area contributed by atoms with Gasteiger partial charge in [0.05, 0.1) is 12.9 Å². The highest BCUT2D eigenvalue weighted by atomic mass is 16.6. The maximum absolute atomic E-state index is 10.4. The fourth-order valence-corrected chi connectivity index (χ4v) is 4.85. The summed E-state index contributed by atoms with van der Waals surface area (Å²) in [6, 6.07) is 21.2. The molecule has 4 aromatic rings. The average Bonchev–Trinajstić information content (AvgIpc) is 3.48. The van der Waals surface area contributed by atoms with E-state index in [1.807, 2.05) is 12.1 Å². The summed E-state index contributed by atoms with van der Waals surface area (Å²) >= 11 is 0. The molecule has 9 heteroatoms. The van der Waals surface area contributed by atoms with E-state index in [9.17, 15) is 15.3 Å². The van der Waals surface area contributed by atoms with Gasteiger partial charge in [0, 0.05) is 12.5 Å². The molecule has 0 aliphatic carbocycles. The van der Waals surface area contributed by atoms with E-state index in [2.05, 4.69) is 68.8 Å². The maximum Gasteiger partial charge on any atom is 0.167 e. The Morgan fingerprint density at radius 1 is 0.889 bits per heavy atom. The van der Waals surface area contributed by atoms with Crippen LogP contribution in [0.1, 0.15) is 42.5 Å². The highest BCUT2D eigenvalue weighted by molar-refractivity contribution is 5.82. The number of ether oxygens (including phenoxy) is 1. The van der Waals surface area contributed by atoms with E-state index >= 15 is 0 Å². The number of aliphatic hydroxyl groups excluding tert-OH is 3. The summed E-state index contributed by atoms with van der Waals surface area (Å²) in [7, 11) is 0. The molecular formula is C27H31N5O4. The molecule has 0 spiro atoms. The predicted octanol–water partition coefficient (Wildman–Crippen LogP) is 2.85. The van der Waals surface area contributed by atoms with Gasteiger partial charge in [-0.3, -0.25) is 4.57 Å². The lowest BCUT2D eigenvalue weighted by molar-refractivity contribution is -0.0511. The van der Waals surface area contributed by atoms with E-state index in [1.54, 1.807) is 4.57 Å². The lowest BCUT2D eigenvalue weighted by Gasteiger charge is -2.18. The van der Waals surface area contributed by atoms with Gasteiger partial charge in [0.15, 0.2) is 23.2 Å². The van der Waals surface area contributed by atoms with Gasteiger partial charge < -0.3 is 25.4 Å². The summed E-state index contributed by atoms with van der Waals surface area (Å²) in [6.45, 7) is 0.335. The third-order valence-electron chi connectivity index (χ3n) is 6.77. The lowest BCUT2D eigenvalue weighted by Crippen LogP contribution is -2.33. The second-order valence-corrected chi connectivity index (χ2v) is 9.07. The molecule has 1 fully saturated rings. The van der Waals surface area contributed by atoms with Crippen LogP contribution in [0.25, 0.3) is 11.2 Å². The van der Waals surface area contributed by atoms with Crippen molar-refractivity contribution in [2.45, 2.75) is 49.7 Å². The molecule has 1 saturated heterocycles. The zero-order chi connectivity index (χ0) is 24.9. The maximum atomic E-state index is 10.4. The minimum absolute atomic E-state index is 0.352. The zero-order valence-electron chi connectivity index (χ0n) is 19.9. The van der Waals surface area contributed by atoms with Gasteiger partial charge in [0.25, 0.3) is 0 Å². The Balaban J connectivity index is 1.22. The van der Waals surface area contributed by atoms with Crippen molar-refractivity contribution in [2.75, 3.05) is 18.5 Å². The van der Waals surface area contributed by atoms with Crippen molar-refractivity contribution in [1.29, 1.82) is 0 Å². The first-order valence-corrected chi connectivity index (χ1v) is 12.3. The van der Waals surface area contributed by atoms with Gasteiger partial charge in [0.2, 0.25) is 0 Å². The fourth-order valence-electron chi connectivity index (χ4n) is 4.85. The summed E-state index contributed by atoms with van der Waals surface area (Å²) in [6.07, 6.45) is 1.83. The number of rotatable bonds is 10. The molecule has 0 radical (unpaired) electrons. The standard InChI is InChI=1S/C27H31N5O4/c33-15-21-23(34)24(35)27(36-21)32-17-31-22-25(29-16-30-26(22)32)28-14-8-7-13-20(18-9-3-1-4-10-18)19-11-5-2-6-12-19/h1-6,9-12,16-17,20-21,23-24,27,33-35H,7-8,13-15H2,(H,28,29,30)/t21-,23+,24-,27-/m0/s1. The third kappa shape index (κ3) is 4.96. The SMILES string of the molecule is OC[C@@H]1O[C@H](n2cnc3c(NCCCCC(c4ccccc4)c4ccccc4)ncnc32)[C@@H](O)[C@@H]1O. The largest absolute Gasteiger partial charge is 0.394 e. The molecule has 5 rings (SSSR count). The van der Waals surface area contributed by atoms with Crippen LogP contribution in [-0.2, 0) is 4.74 Å². The van der Waals surface area contributed by atoms with Crippen LogP contribution in [0.4, 0.5) is 5.82 Å². The van der Waals surface area contributed by atoms with Crippen LogP contribution >= 0.6 is 0 Å². The Kier molecular flexibility index (Phi) is 7.52. The number of anilines is 1. The first-order valence-electron chi connectivity index (χ1n) is 12.3. The molecule has 9 nitrogen and oxygen atoms in total. The van der Waals surface area contributed by atoms with Crippen molar-refractivity contribution in [3.05, 3.63) is 84.4 Å². The van der Waals surface area contributed by atoms with Gasteiger partial charge >= 0.3 is 0 Å². The number of aliphatic hydroxyl groups is 3. The van der Waals surface area contributed by atoms with Crippen LogP contribution in [0, 0.1) is 0 Å². The summed E-state index contributed by atoms with van der Waals surface area (Å²) in [4.78, 5) is 13.1. The van der Waals surface area contributed by atoms with Crippen molar-refractivity contribution in [3.63, 3.8) is 0 Å². The van der Waals surface area contributed by atoms with Crippen LogP contribution in [0.15, 0.2) is 73.3 Å². The number of hydrogen-bond acceptors (Lipinski definition) is 8. The summed E-state index contributed by atoms with van der Waals surface area (Å²) < 4.78 is 7.19. The van der Waals surface area contributed by atoms with Crippen molar-refractivity contribution >= 4 is 17.0 Å². The highest BCUT2D eigenvalue weighted by Crippen LogP contribution is 2.32. The number of aromatic nitrogens is 4. The van der Waals surface area contributed by atoms with E-state index in [1.165, 1.54) is 23.8 Å². The highest BCUT2D eigenvalue weighted by Gasteiger charge is 2.44. The van der Waals surface area contributed by atoms with Crippen molar-refractivity contribution < 1.29 is 20.1 Å². The van der Waals surface area contributed by atoms with Crippen molar-refractivity contribution in [3.8, 4) is 0 Å². The quantitative estimate of drug-likeness (QED) is 0.251. The smallest absolute Gasteiger partial charge is 0.167 e. The Hall–Kier alpha value is -3.37. The first kappa shape index (κ1) is 24.3. The van der Waals surface area contributed by atoms with Gasteiger partial charge in [-0.2, -0.15) is 0 Å². The molecule has 4 N–H and O–H groups in total. The normalized spacial score (nSPS) is 21.9. The van der Waals surface area contributed by atoms with E-state index in [0.717, 1.165) is 25.8 Å². The topological polar surface area (TPSA) is 126 Å². The molecule has 0 amide bonds. The molecule has 1 aliphatic rings. The Morgan fingerprint density at radius 3 is 2.22 bits per heavy atom. The van der Waals surface area contributed by atoms with Gasteiger partial charge in [0.1, 0.15) is 24.6 Å².